The summed E-state index contributed by atoms with van der Waals surface area (Å²) in [5.41, 5.74) is 3.71. The second-order valence-corrected chi connectivity index (χ2v) is 7.99. The molecule has 1 aliphatic rings. The van der Waals surface area contributed by atoms with Crippen LogP contribution in [0.3, 0.4) is 0 Å². The van der Waals surface area contributed by atoms with Crippen molar-refractivity contribution in [1.29, 1.82) is 0 Å². The molecule has 162 valence electrons. The summed E-state index contributed by atoms with van der Waals surface area (Å²) in [5, 5.41) is 10.5. The molecule has 2 heterocycles. The monoisotopic (exact) mass is 413 g/mol. The van der Waals surface area contributed by atoms with Crippen LogP contribution in [0, 0.1) is 0 Å². The smallest absolute Gasteiger partial charge is 0.407 e. The van der Waals surface area contributed by atoms with Crippen molar-refractivity contribution in [3.8, 4) is 11.1 Å². The third-order valence-corrected chi connectivity index (χ3v) is 5.21. The number of rotatable bonds is 6. The van der Waals surface area contributed by atoms with Crippen LogP contribution in [0.4, 0.5) is 10.5 Å². The number of fused-ring (bicyclic) bond motifs is 1. The van der Waals surface area contributed by atoms with Crippen molar-refractivity contribution in [3.63, 3.8) is 0 Å². The van der Waals surface area contributed by atoms with Gasteiger partial charge in [-0.2, -0.15) is 5.10 Å². The molecule has 0 fully saturated rings. The van der Waals surface area contributed by atoms with Crippen LogP contribution in [0.5, 0.6) is 0 Å². The predicted molar refractivity (Wildman–Crippen MR) is 116 cm³/mol. The molecule has 1 aromatic carbocycles. The van der Waals surface area contributed by atoms with Crippen molar-refractivity contribution >= 4 is 17.7 Å². The summed E-state index contributed by atoms with van der Waals surface area (Å²) in [6.07, 6.45) is 3.80. The molecule has 0 aliphatic carbocycles. The van der Waals surface area contributed by atoms with Crippen molar-refractivity contribution in [2.24, 2.45) is 0 Å². The van der Waals surface area contributed by atoms with Crippen LogP contribution >= 0.6 is 0 Å². The van der Waals surface area contributed by atoms with Gasteiger partial charge in [0.2, 0.25) is 5.91 Å². The molecule has 0 radical (unpaired) electrons. The third-order valence-electron chi connectivity index (χ3n) is 5.21. The number of alkyl carbamates (subject to hydrolysis) is 1. The molecule has 8 nitrogen and oxygen atoms in total. The van der Waals surface area contributed by atoms with Gasteiger partial charge in [0.1, 0.15) is 0 Å². The maximum Gasteiger partial charge on any atom is 0.407 e. The highest BCUT2D eigenvalue weighted by Gasteiger charge is 2.33. The van der Waals surface area contributed by atoms with Crippen molar-refractivity contribution in [1.82, 2.24) is 20.4 Å². The SMILES string of the molecule is CNCCn1cc(-c2ccc3c(c2)[C@H](NC(=O)OC(C)C)C[C@H](C)N3C(C)=O)cn1. The van der Waals surface area contributed by atoms with Gasteiger partial charge >= 0.3 is 6.09 Å². The summed E-state index contributed by atoms with van der Waals surface area (Å²) in [4.78, 5) is 26.4. The molecule has 0 spiro atoms. The number of anilines is 1. The number of hydrogen-bond donors (Lipinski definition) is 2. The number of carbonyl (C=O) groups is 2. The van der Waals surface area contributed by atoms with E-state index in [9.17, 15) is 9.59 Å². The summed E-state index contributed by atoms with van der Waals surface area (Å²) < 4.78 is 7.18. The number of benzene rings is 1. The molecule has 0 saturated heterocycles. The van der Waals surface area contributed by atoms with Gasteiger partial charge in [0, 0.05) is 37.0 Å². The maximum atomic E-state index is 12.3. The molecule has 0 unspecified atom stereocenters. The van der Waals surface area contributed by atoms with E-state index in [4.69, 9.17) is 4.74 Å². The number of hydrogen-bond acceptors (Lipinski definition) is 5. The lowest BCUT2D eigenvalue weighted by Gasteiger charge is -2.39. The molecular weight excluding hydrogens is 382 g/mol. The second kappa shape index (κ2) is 9.30. The molecule has 2 N–H and O–H groups in total. The van der Waals surface area contributed by atoms with Gasteiger partial charge in [0.15, 0.2) is 0 Å². The zero-order chi connectivity index (χ0) is 21.8. The van der Waals surface area contributed by atoms with Gasteiger partial charge in [0.25, 0.3) is 0 Å². The summed E-state index contributed by atoms with van der Waals surface area (Å²) in [6, 6.07) is 5.72. The number of nitrogens with one attached hydrogen (secondary N) is 2. The van der Waals surface area contributed by atoms with Gasteiger partial charge in [-0.1, -0.05) is 6.07 Å². The fourth-order valence-electron chi connectivity index (χ4n) is 3.91. The van der Waals surface area contributed by atoms with Gasteiger partial charge in [-0.15, -0.1) is 0 Å². The highest BCUT2D eigenvalue weighted by molar-refractivity contribution is 5.94. The van der Waals surface area contributed by atoms with Gasteiger partial charge in [-0.25, -0.2) is 4.79 Å². The van der Waals surface area contributed by atoms with Crippen molar-refractivity contribution < 1.29 is 14.3 Å². The number of nitrogens with zero attached hydrogens (tertiary/aromatic N) is 3. The largest absolute Gasteiger partial charge is 0.447 e. The van der Waals surface area contributed by atoms with Crippen LogP contribution in [0.25, 0.3) is 11.1 Å². The van der Waals surface area contributed by atoms with Crippen LogP contribution in [0.15, 0.2) is 30.6 Å². The lowest BCUT2D eigenvalue weighted by atomic mass is 9.89. The first kappa shape index (κ1) is 21.8. The first-order valence-electron chi connectivity index (χ1n) is 10.4. The molecule has 2 amide bonds. The zero-order valence-electron chi connectivity index (χ0n) is 18.3. The predicted octanol–water partition coefficient (Wildman–Crippen LogP) is 3.09. The van der Waals surface area contributed by atoms with Crippen LogP contribution in [0.1, 0.15) is 45.7 Å². The molecule has 30 heavy (non-hydrogen) atoms. The van der Waals surface area contributed by atoms with E-state index in [0.29, 0.717) is 6.42 Å². The quantitative estimate of drug-likeness (QED) is 0.760. The van der Waals surface area contributed by atoms with Gasteiger partial charge < -0.3 is 20.3 Å². The summed E-state index contributed by atoms with van der Waals surface area (Å²) in [6.45, 7) is 8.81. The van der Waals surface area contributed by atoms with E-state index >= 15 is 0 Å². The van der Waals surface area contributed by atoms with Crippen LogP contribution in [-0.2, 0) is 16.1 Å². The number of ether oxygens (including phenoxy) is 1. The molecule has 3 rings (SSSR count). The lowest BCUT2D eigenvalue weighted by molar-refractivity contribution is -0.117. The Labute approximate surface area is 177 Å². The molecule has 0 saturated carbocycles. The first-order valence-corrected chi connectivity index (χ1v) is 10.4. The minimum atomic E-state index is -0.449. The topological polar surface area (TPSA) is 88.5 Å². The molecule has 0 bridgehead atoms. The normalized spacial score (nSPS) is 18.3. The minimum absolute atomic E-state index is 0.0143. The standard InChI is InChI=1S/C22H31N5O3/c1-14(2)30-22(29)25-20-10-15(3)27(16(4)28)21-7-6-17(11-19(20)21)18-12-24-26(13-18)9-8-23-5/h6-7,11-15,20,23H,8-10H2,1-5H3,(H,25,29)/t15-,20+/m0/s1. The maximum absolute atomic E-state index is 12.3. The molecule has 8 heteroatoms. The molecule has 2 atom stereocenters. The molecule has 2 aromatic rings. The van der Waals surface area contributed by atoms with E-state index in [1.807, 2.05) is 63.1 Å². The van der Waals surface area contributed by atoms with E-state index in [0.717, 1.165) is 35.5 Å². The zero-order valence-corrected chi connectivity index (χ0v) is 18.3. The average molecular weight is 414 g/mol. The Bertz CT molecular complexity index is 908. The number of likely N-dealkylation sites (N-methyl/N-ethyl adjacent to an activating group) is 1. The van der Waals surface area contributed by atoms with E-state index in [1.54, 1.807) is 11.8 Å². The Morgan fingerprint density at radius 1 is 1.30 bits per heavy atom. The van der Waals surface area contributed by atoms with Gasteiger partial charge in [0.05, 0.1) is 24.9 Å². The minimum Gasteiger partial charge on any atom is -0.447 e. The molecule has 1 aromatic heterocycles. The van der Waals surface area contributed by atoms with E-state index < -0.39 is 6.09 Å². The Balaban J connectivity index is 1.95. The second-order valence-electron chi connectivity index (χ2n) is 7.99. The van der Waals surface area contributed by atoms with Crippen molar-refractivity contribution in [2.75, 3.05) is 18.5 Å². The van der Waals surface area contributed by atoms with Gasteiger partial charge in [-0.3, -0.25) is 9.48 Å². The first-order chi connectivity index (χ1) is 14.3. The van der Waals surface area contributed by atoms with Crippen LogP contribution < -0.4 is 15.5 Å². The Morgan fingerprint density at radius 2 is 2.07 bits per heavy atom. The number of aromatic nitrogens is 2. The van der Waals surface area contributed by atoms with Gasteiger partial charge in [-0.05, 0) is 57.5 Å². The van der Waals surface area contributed by atoms with Crippen molar-refractivity contribution in [2.45, 2.75) is 58.8 Å². The van der Waals surface area contributed by atoms with E-state index in [1.165, 1.54) is 0 Å². The Morgan fingerprint density at radius 3 is 2.73 bits per heavy atom. The van der Waals surface area contributed by atoms with E-state index in [2.05, 4.69) is 15.7 Å². The number of carbonyl (C=O) groups excluding carboxylic acids is 2. The lowest BCUT2D eigenvalue weighted by Crippen LogP contribution is -2.45. The van der Waals surface area contributed by atoms with Crippen molar-refractivity contribution in [3.05, 3.63) is 36.2 Å². The summed E-state index contributed by atoms with van der Waals surface area (Å²) >= 11 is 0. The summed E-state index contributed by atoms with van der Waals surface area (Å²) in [7, 11) is 1.91. The third kappa shape index (κ3) is 4.81. The Kier molecular flexibility index (Phi) is 6.77. The molecular formula is C22H31N5O3. The highest BCUT2D eigenvalue weighted by Crippen LogP contribution is 2.39. The Hall–Kier alpha value is -2.87. The fraction of sp³-hybridized carbons (Fsp3) is 0.500. The number of amides is 2. The van der Waals surface area contributed by atoms with E-state index in [-0.39, 0.29) is 24.1 Å². The van der Waals surface area contributed by atoms with Crippen LogP contribution in [-0.4, -0.2) is 47.5 Å². The fourth-order valence-corrected chi connectivity index (χ4v) is 3.91. The molecule has 1 aliphatic heterocycles. The highest BCUT2D eigenvalue weighted by atomic mass is 16.6. The average Bonchev–Trinajstić information content (AvgIpc) is 3.14. The van der Waals surface area contributed by atoms with Crippen LogP contribution in [0.2, 0.25) is 0 Å². The summed E-state index contributed by atoms with van der Waals surface area (Å²) in [5.74, 6) is -0.0143.